The fourth-order valence-corrected chi connectivity index (χ4v) is 2.53. The largest absolute Gasteiger partial charge is 0.355 e. The highest BCUT2D eigenvalue weighted by atomic mass is 79.9. The fraction of sp³-hybridized carbons (Fsp3) is 0.125. The van der Waals surface area contributed by atoms with Gasteiger partial charge in [0, 0.05) is 16.7 Å². The maximum atomic E-state index is 11.1. The Hall–Kier alpha value is -2.74. The molecule has 2 heterocycles. The Balaban J connectivity index is 1.80. The van der Waals surface area contributed by atoms with E-state index in [1.807, 2.05) is 31.2 Å². The average Bonchev–Trinajstić information content (AvgIpc) is 3.06. The Bertz CT molecular complexity index is 863. The van der Waals surface area contributed by atoms with Gasteiger partial charge in [-0.2, -0.15) is 0 Å². The van der Waals surface area contributed by atoms with Gasteiger partial charge in [-0.05, 0) is 30.7 Å². The van der Waals surface area contributed by atoms with Crippen molar-refractivity contribution >= 4 is 27.4 Å². The van der Waals surface area contributed by atoms with Gasteiger partial charge in [-0.1, -0.05) is 28.1 Å². The van der Waals surface area contributed by atoms with E-state index in [1.54, 1.807) is 6.20 Å². The number of anilines is 1. The second-order valence-corrected chi connectivity index (χ2v) is 6.10. The molecule has 8 heteroatoms. The van der Waals surface area contributed by atoms with Crippen LogP contribution in [0.1, 0.15) is 18.8 Å². The SMILES string of the molecule is C[C@@H](Nc1ncccc1[N+](=O)[O-])c1ncc(-c2ccc(Br)cc2)[nH]1. The van der Waals surface area contributed by atoms with Crippen LogP contribution in [0.3, 0.4) is 0 Å². The van der Waals surface area contributed by atoms with Gasteiger partial charge in [-0.25, -0.2) is 9.97 Å². The third kappa shape index (κ3) is 3.43. The van der Waals surface area contributed by atoms with Crippen molar-refractivity contribution in [2.24, 2.45) is 0 Å². The maximum Gasteiger partial charge on any atom is 0.311 e. The number of imidazole rings is 1. The predicted octanol–water partition coefficient (Wildman–Crippen LogP) is 4.32. The van der Waals surface area contributed by atoms with Crippen LogP contribution in [0.5, 0.6) is 0 Å². The summed E-state index contributed by atoms with van der Waals surface area (Å²) in [5.41, 5.74) is 1.82. The monoisotopic (exact) mass is 387 g/mol. The van der Waals surface area contributed by atoms with Crippen LogP contribution in [0.2, 0.25) is 0 Å². The first-order valence-corrected chi connectivity index (χ1v) is 8.00. The summed E-state index contributed by atoms with van der Waals surface area (Å²) in [6.45, 7) is 1.86. The Kier molecular flexibility index (Phi) is 4.57. The first kappa shape index (κ1) is 16.1. The number of aromatic nitrogens is 3. The molecular weight excluding hydrogens is 374 g/mol. The van der Waals surface area contributed by atoms with E-state index >= 15 is 0 Å². The molecule has 122 valence electrons. The smallest absolute Gasteiger partial charge is 0.311 e. The molecule has 7 nitrogen and oxygen atoms in total. The van der Waals surface area contributed by atoms with E-state index in [9.17, 15) is 10.1 Å². The highest BCUT2D eigenvalue weighted by Crippen LogP contribution is 2.26. The molecule has 0 radical (unpaired) electrons. The van der Waals surface area contributed by atoms with Crippen molar-refractivity contribution in [1.82, 2.24) is 15.0 Å². The van der Waals surface area contributed by atoms with E-state index in [1.165, 1.54) is 18.3 Å². The molecule has 0 aliphatic carbocycles. The van der Waals surface area contributed by atoms with Crippen molar-refractivity contribution in [2.75, 3.05) is 5.32 Å². The molecule has 0 bridgehead atoms. The molecule has 1 atom stereocenters. The molecule has 2 aromatic heterocycles. The highest BCUT2D eigenvalue weighted by molar-refractivity contribution is 9.10. The predicted molar refractivity (Wildman–Crippen MR) is 94.7 cm³/mol. The number of halogens is 1. The summed E-state index contributed by atoms with van der Waals surface area (Å²) in [7, 11) is 0. The van der Waals surface area contributed by atoms with E-state index in [-0.39, 0.29) is 17.5 Å². The molecule has 0 aliphatic heterocycles. The lowest BCUT2D eigenvalue weighted by molar-refractivity contribution is -0.384. The van der Waals surface area contributed by atoms with Crippen LogP contribution in [-0.2, 0) is 0 Å². The first-order valence-electron chi connectivity index (χ1n) is 7.21. The van der Waals surface area contributed by atoms with Crippen LogP contribution in [0.25, 0.3) is 11.3 Å². The zero-order valence-electron chi connectivity index (χ0n) is 12.7. The number of hydrogen-bond donors (Lipinski definition) is 2. The summed E-state index contributed by atoms with van der Waals surface area (Å²) < 4.78 is 1.00. The lowest BCUT2D eigenvalue weighted by Gasteiger charge is -2.12. The van der Waals surface area contributed by atoms with Gasteiger partial charge in [0.1, 0.15) is 5.82 Å². The van der Waals surface area contributed by atoms with Crippen molar-refractivity contribution in [3.8, 4) is 11.3 Å². The van der Waals surface area contributed by atoms with Crippen molar-refractivity contribution < 1.29 is 4.92 Å². The molecule has 0 fully saturated rings. The molecule has 3 aromatic rings. The third-order valence-electron chi connectivity index (χ3n) is 3.50. The highest BCUT2D eigenvalue weighted by Gasteiger charge is 2.18. The summed E-state index contributed by atoms with van der Waals surface area (Å²) in [6.07, 6.45) is 3.25. The summed E-state index contributed by atoms with van der Waals surface area (Å²) in [5.74, 6) is 0.893. The first-order chi connectivity index (χ1) is 11.5. The number of rotatable bonds is 5. The van der Waals surface area contributed by atoms with Crippen molar-refractivity contribution in [2.45, 2.75) is 13.0 Å². The van der Waals surface area contributed by atoms with Gasteiger partial charge in [0.2, 0.25) is 5.82 Å². The van der Waals surface area contributed by atoms with E-state index in [0.29, 0.717) is 5.82 Å². The van der Waals surface area contributed by atoms with Crippen LogP contribution >= 0.6 is 15.9 Å². The van der Waals surface area contributed by atoms with Crippen molar-refractivity contribution in [3.05, 3.63) is 69.2 Å². The van der Waals surface area contributed by atoms with E-state index in [4.69, 9.17) is 0 Å². The van der Waals surface area contributed by atoms with Crippen LogP contribution < -0.4 is 5.32 Å². The molecule has 0 amide bonds. The number of aromatic amines is 1. The normalized spacial score (nSPS) is 11.9. The topological polar surface area (TPSA) is 96.7 Å². The number of hydrogen-bond acceptors (Lipinski definition) is 5. The molecule has 0 saturated heterocycles. The van der Waals surface area contributed by atoms with Gasteiger partial charge in [0.25, 0.3) is 0 Å². The Labute approximate surface area is 146 Å². The number of nitrogens with one attached hydrogen (secondary N) is 2. The minimum atomic E-state index is -0.461. The number of nitro groups is 1. The molecule has 0 unspecified atom stereocenters. The Morgan fingerprint density at radius 2 is 2.00 bits per heavy atom. The minimum absolute atomic E-state index is 0.0657. The molecule has 0 aliphatic rings. The maximum absolute atomic E-state index is 11.1. The van der Waals surface area contributed by atoms with Crippen molar-refractivity contribution in [1.29, 1.82) is 0 Å². The number of pyridine rings is 1. The molecule has 0 spiro atoms. The van der Waals surface area contributed by atoms with Crippen molar-refractivity contribution in [3.63, 3.8) is 0 Å². The molecule has 1 aromatic carbocycles. The average molecular weight is 388 g/mol. The lowest BCUT2D eigenvalue weighted by Crippen LogP contribution is -2.11. The number of nitrogens with zero attached hydrogens (tertiary/aromatic N) is 3. The summed E-state index contributed by atoms with van der Waals surface area (Å²) in [5, 5.41) is 14.1. The van der Waals surface area contributed by atoms with Gasteiger partial charge >= 0.3 is 5.69 Å². The summed E-state index contributed by atoms with van der Waals surface area (Å²) >= 11 is 3.40. The zero-order chi connectivity index (χ0) is 17.1. The van der Waals surface area contributed by atoms with E-state index in [2.05, 4.69) is 36.2 Å². The Morgan fingerprint density at radius 3 is 2.71 bits per heavy atom. The second kappa shape index (κ2) is 6.79. The van der Waals surface area contributed by atoms with Crippen LogP contribution in [0.4, 0.5) is 11.5 Å². The molecule has 0 saturated carbocycles. The number of H-pyrrole nitrogens is 1. The van der Waals surface area contributed by atoms with Gasteiger partial charge in [-0.15, -0.1) is 0 Å². The molecule has 24 heavy (non-hydrogen) atoms. The van der Waals surface area contributed by atoms with Crippen LogP contribution in [-0.4, -0.2) is 19.9 Å². The summed E-state index contributed by atoms with van der Waals surface area (Å²) in [6, 6.07) is 10.5. The lowest BCUT2D eigenvalue weighted by atomic mass is 10.2. The second-order valence-electron chi connectivity index (χ2n) is 5.18. The Morgan fingerprint density at radius 1 is 1.25 bits per heavy atom. The number of benzene rings is 1. The van der Waals surface area contributed by atoms with E-state index in [0.717, 1.165) is 15.7 Å². The zero-order valence-corrected chi connectivity index (χ0v) is 14.3. The summed E-state index contributed by atoms with van der Waals surface area (Å²) in [4.78, 5) is 22.2. The quantitative estimate of drug-likeness (QED) is 0.501. The third-order valence-corrected chi connectivity index (χ3v) is 4.03. The van der Waals surface area contributed by atoms with Crippen LogP contribution in [0.15, 0.2) is 53.3 Å². The van der Waals surface area contributed by atoms with Gasteiger partial charge in [0.15, 0.2) is 0 Å². The minimum Gasteiger partial charge on any atom is -0.355 e. The van der Waals surface area contributed by atoms with E-state index < -0.39 is 4.92 Å². The van der Waals surface area contributed by atoms with Gasteiger partial charge < -0.3 is 10.3 Å². The fourth-order valence-electron chi connectivity index (χ4n) is 2.26. The van der Waals surface area contributed by atoms with Gasteiger partial charge in [-0.3, -0.25) is 10.1 Å². The van der Waals surface area contributed by atoms with Gasteiger partial charge in [0.05, 0.1) is 22.9 Å². The standard InChI is InChI=1S/C16H14BrN5O2/c1-10(20-16-14(22(23)24)3-2-8-18-16)15-19-9-13(21-15)11-4-6-12(17)7-5-11/h2-10H,1H3,(H,18,20)(H,19,21)/t10-/m1/s1. The van der Waals surface area contributed by atoms with Crippen LogP contribution in [0, 0.1) is 10.1 Å². The molecule has 3 rings (SSSR count). The molecular formula is C16H14BrN5O2. The molecule has 2 N–H and O–H groups in total.